The number of carbonyl (C=O) groups is 4. The van der Waals surface area contributed by atoms with E-state index in [1.54, 1.807) is 24.3 Å². The summed E-state index contributed by atoms with van der Waals surface area (Å²) in [5, 5.41) is 13.2. The van der Waals surface area contributed by atoms with Crippen LogP contribution >= 0.6 is 0 Å². The third-order valence-electron chi connectivity index (χ3n) is 4.98. The van der Waals surface area contributed by atoms with Crippen molar-refractivity contribution in [1.29, 1.82) is 0 Å². The van der Waals surface area contributed by atoms with Gasteiger partial charge in [-0.15, -0.1) is 0 Å². The van der Waals surface area contributed by atoms with Crippen molar-refractivity contribution in [2.45, 2.75) is 39.2 Å². The summed E-state index contributed by atoms with van der Waals surface area (Å²) in [6.45, 7) is 3.86. The first-order chi connectivity index (χ1) is 13.8. The molecule has 1 heterocycles. The lowest BCUT2D eigenvalue weighted by molar-refractivity contribution is -0.142. The molecule has 2 aromatic carbocycles. The first-order valence-corrected chi connectivity index (χ1v) is 9.69. The smallest absolute Gasteiger partial charge is 0.326 e. The monoisotopic (exact) mass is 396 g/mol. The van der Waals surface area contributed by atoms with Crippen LogP contribution in [0.25, 0.3) is 10.8 Å². The summed E-state index contributed by atoms with van der Waals surface area (Å²) in [5.41, 5.74) is 0.954. The largest absolute Gasteiger partial charge is 0.480 e. The van der Waals surface area contributed by atoms with Crippen LogP contribution in [-0.2, 0) is 9.59 Å². The van der Waals surface area contributed by atoms with Crippen molar-refractivity contribution in [2.24, 2.45) is 5.92 Å². The molecule has 0 fully saturated rings. The molecule has 0 spiro atoms. The zero-order valence-corrected chi connectivity index (χ0v) is 16.5. The first kappa shape index (κ1) is 20.5. The lowest BCUT2D eigenvalue weighted by atomic mass is 9.94. The Labute approximate surface area is 168 Å². The van der Waals surface area contributed by atoms with Crippen LogP contribution in [0.15, 0.2) is 36.4 Å². The number of amides is 3. The van der Waals surface area contributed by atoms with Crippen LogP contribution < -0.4 is 5.32 Å². The molecule has 152 valence electrons. The molecule has 1 aliphatic rings. The van der Waals surface area contributed by atoms with Crippen LogP contribution in [0.5, 0.6) is 0 Å². The third kappa shape index (κ3) is 4.29. The predicted molar refractivity (Wildman–Crippen MR) is 108 cm³/mol. The number of hydrogen-bond acceptors (Lipinski definition) is 4. The van der Waals surface area contributed by atoms with Gasteiger partial charge in [-0.05, 0) is 36.3 Å². The standard InChI is InChI=1S/C22H24N2O5/c1-13(2)12-17(22(28)29)23-18(25)10-5-11-24-20(26)15-8-3-6-14-7-4-9-16(19(14)15)21(24)27/h3-4,6-9,13,17H,5,10-12H2,1-2H3,(H,23,25)(H,28,29)/t17-/m1/s1. The average molecular weight is 396 g/mol. The van der Waals surface area contributed by atoms with E-state index in [-0.39, 0.29) is 37.1 Å². The Kier molecular flexibility index (Phi) is 5.96. The molecule has 0 radical (unpaired) electrons. The third-order valence-corrected chi connectivity index (χ3v) is 4.98. The van der Waals surface area contributed by atoms with Gasteiger partial charge in [0.25, 0.3) is 11.8 Å². The maximum Gasteiger partial charge on any atom is 0.326 e. The second-order valence-electron chi connectivity index (χ2n) is 7.66. The minimum atomic E-state index is -1.07. The van der Waals surface area contributed by atoms with E-state index in [1.807, 2.05) is 26.0 Å². The first-order valence-electron chi connectivity index (χ1n) is 9.69. The number of carboxylic acid groups (broad SMARTS) is 1. The maximum absolute atomic E-state index is 12.8. The van der Waals surface area contributed by atoms with Crippen molar-refractivity contribution < 1.29 is 24.3 Å². The molecule has 7 nitrogen and oxygen atoms in total. The van der Waals surface area contributed by atoms with Gasteiger partial charge in [-0.1, -0.05) is 38.1 Å². The molecule has 29 heavy (non-hydrogen) atoms. The Bertz CT molecular complexity index is 932. The number of carboxylic acids is 1. The van der Waals surface area contributed by atoms with Crippen LogP contribution in [0.2, 0.25) is 0 Å². The summed E-state index contributed by atoms with van der Waals surface area (Å²) in [7, 11) is 0. The van der Waals surface area contributed by atoms with E-state index >= 15 is 0 Å². The highest BCUT2D eigenvalue weighted by molar-refractivity contribution is 6.25. The molecular formula is C22H24N2O5. The number of rotatable bonds is 8. The molecule has 0 aromatic heterocycles. The van der Waals surface area contributed by atoms with Gasteiger partial charge in [0.1, 0.15) is 6.04 Å². The molecule has 3 amide bonds. The van der Waals surface area contributed by atoms with Crippen molar-refractivity contribution in [3.8, 4) is 0 Å². The van der Waals surface area contributed by atoms with Crippen LogP contribution in [0.4, 0.5) is 0 Å². The van der Waals surface area contributed by atoms with Gasteiger partial charge in [0, 0.05) is 29.5 Å². The van der Waals surface area contributed by atoms with Gasteiger partial charge >= 0.3 is 5.97 Å². The molecule has 2 N–H and O–H groups in total. The second kappa shape index (κ2) is 8.43. The summed E-state index contributed by atoms with van der Waals surface area (Å²) >= 11 is 0. The fourth-order valence-corrected chi connectivity index (χ4v) is 3.64. The topological polar surface area (TPSA) is 104 Å². The van der Waals surface area contributed by atoms with E-state index in [0.717, 1.165) is 10.3 Å². The summed E-state index contributed by atoms with van der Waals surface area (Å²) in [4.78, 5) is 50.2. The number of benzene rings is 2. The lowest BCUT2D eigenvalue weighted by Gasteiger charge is -2.27. The highest BCUT2D eigenvalue weighted by Crippen LogP contribution is 2.30. The van der Waals surface area contributed by atoms with E-state index < -0.39 is 17.9 Å². The van der Waals surface area contributed by atoms with Gasteiger partial charge in [-0.25, -0.2) is 4.79 Å². The molecule has 0 unspecified atom stereocenters. The van der Waals surface area contributed by atoms with E-state index in [1.165, 1.54) is 0 Å². The fraction of sp³-hybridized carbons (Fsp3) is 0.364. The van der Waals surface area contributed by atoms with Crippen molar-refractivity contribution in [3.05, 3.63) is 47.5 Å². The summed E-state index contributed by atoms with van der Waals surface area (Å²) in [6.07, 6.45) is 0.630. The fourth-order valence-electron chi connectivity index (χ4n) is 3.64. The summed E-state index contributed by atoms with van der Waals surface area (Å²) < 4.78 is 0. The van der Waals surface area contributed by atoms with Gasteiger partial charge in [0.05, 0.1) is 0 Å². The number of imide groups is 1. The molecule has 0 aliphatic carbocycles. The molecular weight excluding hydrogens is 372 g/mol. The van der Waals surface area contributed by atoms with Crippen molar-refractivity contribution >= 4 is 34.5 Å². The summed E-state index contributed by atoms with van der Waals surface area (Å²) in [5.74, 6) is -2.09. The van der Waals surface area contributed by atoms with Crippen LogP contribution in [0, 0.1) is 5.92 Å². The quantitative estimate of drug-likeness (QED) is 0.668. The Morgan fingerprint density at radius 1 is 1.03 bits per heavy atom. The Hall–Kier alpha value is -3.22. The minimum Gasteiger partial charge on any atom is -0.480 e. The predicted octanol–water partition coefficient (Wildman–Crippen LogP) is 2.83. The van der Waals surface area contributed by atoms with E-state index in [0.29, 0.717) is 22.9 Å². The van der Waals surface area contributed by atoms with Crippen LogP contribution in [0.1, 0.15) is 53.8 Å². The van der Waals surface area contributed by atoms with Crippen LogP contribution in [0.3, 0.4) is 0 Å². The summed E-state index contributed by atoms with van der Waals surface area (Å²) in [6, 6.07) is 9.74. The minimum absolute atomic E-state index is 0.0325. The van der Waals surface area contributed by atoms with E-state index in [4.69, 9.17) is 0 Å². The van der Waals surface area contributed by atoms with Crippen molar-refractivity contribution in [1.82, 2.24) is 10.2 Å². The van der Waals surface area contributed by atoms with Crippen molar-refractivity contribution in [2.75, 3.05) is 6.54 Å². The van der Waals surface area contributed by atoms with Gasteiger partial charge in [-0.2, -0.15) is 0 Å². The van der Waals surface area contributed by atoms with Gasteiger partial charge in [0.2, 0.25) is 5.91 Å². The molecule has 1 atom stereocenters. The number of nitrogens with zero attached hydrogens (tertiary/aromatic N) is 1. The average Bonchev–Trinajstić information content (AvgIpc) is 2.67. The lowest BCUT2D eigenvalue weighted by Crippen LogP contribution is -2.43. The molecule has 1 aliphatic heterocycles. The maximum atomic E-state index is 12.8. The Morgan fingerprint density at radius 2 is 1.62 bits per heavy atom. The second-order valence-corrected chi connectivity index (χ2v) is 7.66. The molecule has 2 aromatic rings. The number of aliphatic carboxylic acids is 1. The molecule has 3 rings (SSSR count). The van der Waals surface area contributed by atoms with Gasteiger partial charge in [-0.3, -0.25) is 19.3 Å². The number of hydrogen-bond donors (Lipinski definition) is 2. The normalized spacial score (nSPS) is 14.4. The van der Waals surface area contributed by atoms with Crippen molar-refractivity contribution in [3.63, 3.8) is 0 Å². The van der Waals surface area contributed by atoms with E-state index in [2.05, 4.69) is 5.32 Å². The number of nitrogens with one attached hydrogen (secondary N) is 1. The van der Waals surface area contributed by atoms with Gasteiger partial charge in [0.15, 0.2) is 0 Å². The molecule has 7 heteroatoms. The molecule has 0 saturated heterocycles. The van der Waals surface area contributed by atoms with E-state index in [9.17, 15) is 24.3 Å². The Morgan fingerprint density at radius 3 is 2.14 bits per heavy atom. The number of carbonyl (C=O) groups excluding carboxylic acids is 3. The Balaban J connectivity index is 1.64. The zero-order valence-electron chi connectivity index (χ0n) is 16.5. The van der Waals surface area contributed by atoms with Gasteiger partial charge < -0.3 is 10.4 Å². The zero-order chi connectivity index (χ0) is 21.1. The highest BCUT2D eigenvalue weighted by atomic mass is 16.4. The van der Waals surface area contributed by atoms with Crippen LogP contribution in [-0.4, -0.2) is 46.3 Å². The molecule has 0 bridgehead atoms. The highest BCUT2D eigenvalue weighted by Gasteiger charge is 2.32. The molecule has 0 saturated carbocycles. The SMILES string of the molecule is CC(C)C[C@@H](NC(=O)CCCN1C(=O)c2cccc3cccc(c23)C1=O)C(=O)O.